The van der Waals surface area contributed by atoms with Crippen molar-refractivity contribution in [3.05, 3.63) is 65.0 Å². The Bertz CT molecular complexity index is 626. The number of pyridine rings is 1. The molecule has 0 spiro atoms. The van der Waals surface area contributed by atoms with Crippen LogP contribution < -0.4 is 11.1 Å². The first-order valence-corrected chi connectivity index (χ1v) is 6.43. The number of halogens is 1. The standard InChI is InChI=1S/C15H14ClN3O/c16-13-5-3-11(8-14(13)17)4-6-15(20)19-10-12-2-1-7-18-9-12/h1-9H,10,17H2,(H,19,20)/b6-4+. The minimum absolute atomic E-state index is 0.178. The number of carbonyl (C=O) groups excluding carboxylic acids is 1. The summed E-state index contributed by atoms with van der Waals surface area (Å²) >= 11 is 5.83. The summed E-state index contributed by atoms with van der Waals surface area (Å²) < 4.78 is 0. The summed E-state index contributed by atoms with van der Waals surface area (Å²) in [5.41, 5.74) is 7.95. The van der Waals surface area contributed by atoms with Crippen molar-refractivity contribution in [1.82, 2.24) is 10.3 Å². The van der Waals surface area contributed by atoms with Gasteiger partial charge in [0.25, 0.3) is 0 Å². The van der Waals surface area contributed by atoms with E-state index in [0.717, 1.165) is 11.1 Å². The molecule has 0 unspecified atom stereocenters. The molecule has 20 heavy (non-hydrogen) atoms. The van der Waals surface area contributed by atoms with Crippen molar-refractivity contribution in [2.24, 2.45) is 0 Å². The first-order chi connectivity index (χ1) is 9.65. The second-order valence-electron chi connectivity index (χ2n) is 4.19. The SMILES string of the molecule is Nc1cc(/C=C/C(=O)NCc2cccnc2)ccc1Cl. The maximum absolute atomic E-state index is 11.7. The van der Waals surface area contributed by atoms with Crippen LogP contribution in [0.2, 0.25) is 5.02 Å². The van der Waals surface area contributed by atoms with Crippen molar-refractivity contribution >= 4 is 29.3 Å². The van der Waals surface area contributed by atoms with Gasteiger partial charge in [-0.05, 0) is 35.4 Å². The average molecular weight is 288 g/mol. The molecule has 0 aliphatic heterocycles. The van der Waals surface area contributed by atoms with Gasteiger partial charge in [-0.25, -0.2) is 0 Å². The molecule has 1 amide bonds. The van der Waals surface area contributed by atoms with Crippen LogP contribution >= 0.6 is 11.6 Å². The van der Waals surface area contributed by atoms with E-state index in [1.54, 1.807) is 36.7 Å². The van der Waals surface area contributed by atoms with Crippen LogP contribution in [-0.2, 0) is 11.3 Å². The first-order valence-electron chi connectivity index (χ1n) is 6.05. The van der Waals surface area contributed by atoms with Crippen LogP contribution in [0.3, 0.4) is 0 Å². The fourth-order valence-electron chi connectivity index (χ4n) is 1.59. The maximum Gasteiger partial charge on any atom is 0.244 e. The number of carbonyl (C=O) groups is 1. The van der Waals surface area contributed by atoms with Gasteiger partial charge in [-0.15, -0.1) is 0 Å². The second kappa shape index (κ2) is 6.73. The molecular weight excluding hydrogens is 274 g/mol. The highest BCUT2D eigenvalue weighted by Gasteiger charge is 1.98. The summed E-state index contributed by atoms with van der Waals surface area (Å²) in [7, 11) is 0. The number of nitrogens with one attached hydrogen (secondary N) is 1. The lowest BCUT2D eigenvalue weighted by molar-refractivity contribution is -0.116. The summed E-state index contributed by atoms with van der Waals surface area (Å²) in [6.07, 6.45) is 6.55. The lowest BCUT2D eigenvalue weighted by Crippen LogP contribution is -2.20. The molecule has 5 heteroatoms. The van der Waals surface area contributed by atoms with Crippen LogP contribution in [0.4, 0.5) is 5.69 Å². The summed E-state index contributed by atoms with van der Waals surface area (Å²) in [6.45, 7) is 0.444. The molecule has 0 aliphatic carbocycles. The first kappa shape index (κ1) is 14.1. The third-order valence-electron chi connectivity index (χ3n) is 2.64. The maximum atomic E-state index is 11.7. The zero-order chi connectivity index (χ0) is 14.4. The molecular formula is C15H14ClN3O. The van der Waals surface area contributed by atoms with E-state index in [9.17, 15) is 4.79 Å². The minimum Gasteiger partial charge on any atom is -0.398 e. The molecule has 1 aromatic carbocycles. The van der Waals surface area contributed by atoms with E-state index in [4.69, 9.17) is 17.3 Å². The van der Waals surface area contributed by atoms with E-state index in [0.29, 0.717) is 17.3 Å². The van der Waals surface area contributed by atoms with Crippen LogP contribution in [0.1, 0.15) is 11.1 Å². The van der Waals surface area contributed by atoms with E-state index >= 15 is 0 Å². The molecule has 0 bridgehead atoms. The molecule has 0 saturated carbocycles. The third-order valence-corrected chi connectivity index (χ3v) is 2.98. The highest BCUT2D eigenvalue weighted by molar-refractivity contribution is 6.33. The Morgan fingerprint density at radius 2 is 2.25 bits per heavy atom. The summed E-state index contributed by atoms with van der Waals surface area (Å²) in [6, 6.07) is 8.94. The number of aromatic nitrogens is 1. The quantitative estimate of drug-likeness (QED) is 0.671. The predicted octanol–water partition coefficient (Wildman–Crippen LogP) is 2.65. The summed E-state index contributed by atoms with van der Waals surface area (Å²) in [5, 5.41) is 3.28. The van der Waals surface area contributed by atoms with Gasteiger partial charge in [-0.3, -0.25) is 9.78 Å². The molecule has 102 valence electrons. The molecule has 0 radical (unpaired) electrons. The summed E-state index contributed by atoms with van der Waals surface area (Å²) in [4.78, 5) is 15.6. The molecule has 0 atom stereocenters. The lowest BCUT2D eigenvalue weighted by Gasteiger charge is -2.02. The number of benzene rings is 1. The number of rotatable bonds is 4. The highest BCUT2D eigenvalue weighted by Crippen LogP contribution is 2.19. The van der Waals surface area contributed by atoms with Crippen molar-refractivity contribution in [2.45, 2.75) is 6.54 Å². The lowest BCUT2D eigenvalue weighted by atomic mass is 10.2. The number of nitrogen functional groups attached to an aromatic ring is 1. The van der Waals surface area contributed by atoms with Gasteiger partial charge in [-0.1, -0.05) is 23.7 Å². The van der Waals surface area contributed by atoms with Crippen molar-refractivity contribution in [3.63, 3.8) is 0 Å². The number of nitrogens with zero attached hydrogens (tertiary/aromatic N) is 1. The van der Waals surface area contributed by atoms with Crippen molar-refractivity contribution in [2.75, 3.05) is 5.73 Å². The van der Waals surface area contributed by atoms with Crippen LogP contribution in [0.5, 0.6) is 0 Å². The smallest absolute Gasteiger partial charge is 0.244 e. The number of anilines is 1. The zero-order valence-electron chi connectivity index (χ0n) is 10.7. The Balaban J connectivity index is 1.90. The second-order valence-corrected chi connectivity index (χ2v) is 4.60. The fraction of sp³-hybridized carbons (Fsp3) is 0.0667. The topological polar surface area (TPSA) is 68.0 Å². The molecule has 1 aromatic heterocycles. The minimum atomic E-state index is -0.178. The van der Waals surface area contributed by atoms with Gasteiger partial charge >= 0.3 is 0 Å². The van der Waals surface area contributed by atoms with Crippen LogP contribution in [0.15, 0.2) is 48.8 Å². The number of hydrogen-bond donors (Lipinski definition) is 2. The van der Waals surface area contributed by atoms with Crippen molar-refractivity contribution < 1.29 is 4.79 Å². The molecule has 2 aromatic rings. The van der Waals surface area contributed by atoms with Gasteiger partial charge in [0.2, 0.25) is 5.91 Å². The Hall–Kier alpha value is -2.33. The highest BCUT2D eigenvalue weighted by atomic mass is 35.5. The van der Waals surface area contributed by atoms with Gasteiger partial charge in [0.05, 0.1) is 10.7 Å². The van der Waals surface area contributed by atoms with Crippen LogP contribution in [0, 0.1) is 0 Å². The van der Waals surface area contributed by atoms with Crippen molar-refractivity contribution in [3.8, 4) is 0 Å². The van der Waals surface area contributed by atoms with Crippen LogP contribution in [-0.4, -0.2) is 10.9 Å². The normalized spacial score (nSPS) is 10.7. The van der Waals surface area contributed by atoms with Crippen LogP contribution in [0.25, 0.3) is 6.08 Å². The average Bonchev–Trinajstić information content (AvgIpc) is 2.47. The van der Waals surface area contributed by atoms with Gasteiger partial charge in [0.1, 0.15) is 0 Å². The zero-order valence-corrected chi connectivity index (χ0v) is 11.5. The van der Waals surface area contributed by atoms with E-state index in [1.165, 1.54) is 6.08 Å². The van der Waals surface area contributed by atoms with Gasteiger partial charge in [0.15, 0.2) is 0 Å². The molecule has 3 N–H and O–H groups in total. The Morgan fingerprint density at radius 3 is 2.95 bits per heavy atom. The largest absolute Gasteiger partial charge is 0.398 e. The van der Waals surface area contributed by atoms with E-state index in [-0.39, 0.29) is 5.91 Å². The summed E-state index contributed by atoms with van der Waals surface area (Å²) in [5.74, 6) is -0.178. The fourth-order valence-corrected chi connectivity index (χ4v) is 1.71. The molecule has 2 rings (SSSR count). The third kappa shape index (κ3) is 4.10. The molecule has 0 fully saturated rings. The molecule has 0 saturated heterocycles. The van der Waals surface area contributed by atoms with Crippen molar-refractivity contribution in [1.29, 1.82) is 0 Å². The van der Waals surface area contributed by atoms with E-state index < -0.39 is 0 Å². The van der Waals surface area contributed by atoms with Gasteiger partial charge in [-0.2, -0.15) is 0 Å². The van der Waals surface area contributed by atoms with E-state index in [2.05, 4.69) is 10.3 Å². The molecule has 0 aliphatic rings. The number of hydrogen-bond acceptors (Lipinski definition) is 3. The Labute approximate surface area is 122 Å². The van der Waals surface area contributed by atoms with Gasteiger partial charge < -0.3 is 11.1 Å². The Kier molecular flexibility index (Phi) is 4.74. The number of amides is 1. The van der Waals surface area contributed by atoms with E-state index in [1.807, 2.05) is 12.1 Å². The van der Waals surface area contributed by atoms with Gasteiger partial charge in [0, 0.05) is 25.0 Å². The number of nitrogens with two attached hydrogens (primary N) is 1. The molecule has 4 nitrogen and oxygen atoms in total. The predicted molar refractivity (Wildman–Crippen MR) is 81.0 cm³/mol. The molecule has 1 heterocycles. The monoisotopic (exact) mass is 287 g/mol. The Morgan fingerprint density at radius 1 is 1.40 bits per heavy atom.